The molecule has 332 valence electrons. The fourth-order valence-corrected chi connectivity index (χ4v) is 10.4. The molecule has 0 aliphatic heterocycles. The molecule has 0 N–H and O–H groups in total. The molecule has 0 bridgehead atoms. The summed E-state index contributed by atoms with van der Waals surface area (Å²) in [6.07, 6.45) is 0. The first-order valence-corrected chi connectivity index (χ1v) is 23.9. The van der Waals surface area contributed by atoms with Gasteiger partial charge in [0.05, 0.1) is 11.4 Å². The average molecular weight is 880 g/mol. The van der Waals surface area contributed by atoms with E-state index >= 15 is 0 Å². The highest BCUT2D eigenvalue weighted by Crippen LogP contribution is 2.57. The van der Waals surface area contributed by atoms with Crippen LogP contribution in [0.4, 0.5) is 51.2 Å². The highest BCUT2D eigenvalue weighted by molar-refractivity contribution is 6.24. The number of nitrogens with zero attached hydrogens (tertiary/aromatic N) is 3. The van der Waals surface area contributed by atoms with E-state index in [1.807, 2.05) is 0 Å². The summed E-state index contributed by atoms with van der Waals surface area (Å²) in [5.41, 5.74) is 22.5. The molecule has 0 heterocycles. The molecule has 11 rings (SSSR count). The first kappa shape index (κ1) is 42.7. The van der Waals surface area contributed by atoms with Crippen LogP contribution in [0.1, 0.15) is 58.4 Å². The van der Waals surface area contributed by atoms with Gasteiger partial charge in [-0.3, -0.25) is 0 Å². The van der Waals surface area contributed by atoms with Gasteiger partial charge in [-0.25, -0.2) is 0 Å². The number of hydrogen-bond acceptors (Lipinski definition) is 3. The van der Waals surface area contributed by atoms with Crippen LogP contribution in [-0.4, -0.2) is 0 Å². The number of aryl methyl sites for hydroxylation is 6. The van der Waals surface area contributed by atoms with E-state index in [1.165, 1.54) is 82.9 Å². The smallest absolute Gasteiger partial charge is 0.0620 e. The maximum Gasteiger partial charge on any atom is 0.0620 e. The van der Waals surface area contributed by atoms with Gasteiger partial charge in [0.1, 0.15) is 0 Å². The summed E-state index contributed by atoms with van der Waals surface area (Å²) in [4.78, 5) is 7.39. The van der Waals surface area contributed by atoms with Crippen LogP contribution in [-0.2, 0) is 5.41 Å². The van der Waals surface area contributed by atoms with Crippen LogP contribution in [0.2, 0.25) is 0 Å². The lowest BCUT2D eigenvalue weighted by Gasteiger charge is -2.33. The molecule has 0 amide bonds. The molecule has 3 nitrogen and oxygen atoms in total. The molecular weight excluding hydrogens is 823 g/mol. The Morgan fingerprint density at radius 1 is 0.265 bits per heavy atom. The number of anilines is 9. The fraction of sp³-hybridized carbons (Fsp3) is 0.138. The monoisotopic (exact) mass is 879 g/mol. The molecular formula is C65H57N3. The molecule has 0 saturated carbocycles. The molecule has 0 unspecified atom stereocenters. The Labute approximate surface area is 402 Å². The summed E-state index contributed by atoms with van der Waals surface area (Å²) in [6.45, 7) is 17.8. The van der Waals surface area contributed by atoms with E-state index in [-0.39, 0.29) is 5.41 Å². The zero-order valence-electron chi connectivity index (χ0n) is 40.4. The predicted molar refractivity (Wildman–Crippen MR) is 291 cm³/mol. The van der Waals surface area contributed by atoms with E-state index in [4.69, 9.17) is 0 Å². The van der Waals surface area contributed by atoms with Crippen molar-refractivity contribution in [3.8, 4) is 11.1 Å². The molecule has 3 heteroatoms. The van der Waals surface area contributed by atoms with Crippen LogP contribution in [0.25, 0.3) is 32.7 Å². The highest BCUT2D eigenvalue weighted by atomic mass is 15.2. The van der Waals surface area contributed by atoms with Crippen molar-refractivity contribution in [1.82, 2.24) is 0 Å². The second-order valence-corrected chi connectivity index (χ2v) is 19.6. The maximum atomic E-state index is 2.55. The van der Waals surface area contributed by atoms with Crippen molar-refractivity contribution in [3.05, 3.63) is 245 Å². The minimum absolute atomic E-state index is 0.323. The Balaban J connectivity index is 1.24. The predicted octanol–water partition coefficient (Wildman–Crippen LogP) is 18.6. The summed E-state index contributed by atoms with van der Waals surface area (Å²) >= 11 is 0. The van der Waals surface area contributed by atoms with Crippen molar-refractivity contribution in [2.45, 2.75) is 60.8 Å². The standard InChI is InChI=1S/C65H57N3/c1-42-13-25-48(26-14-42)66(49-27-15-43(2)16-28-49)54-37-38-55-58-40-59-60(41-62(58)65(7,8)61(55)39-54)64(68(52-33-21-46(5)22-34-52)53-35-23-47(6)24-36-53)57-12-10-9-11-56(57)63(59)67(50-29-17-44(3)18-30-50)51-31-19-45(4)20-32-51/h9-41H,1-8H3. The molecule has 0 atom stereocenters. The summed E-state index contributed by atoms with van der Waals surface area (Å²) in [7, 11) is 0. The molecule has 1 aliphatic carbocycles. The van der Waals surface area contributed by atoms with Gasteiger partial charge in [0.2, 0.25) is 0 Å². The van der Waals surface area contributed by atoms with Crippen LogP contribution < -0.4 is 14.7 Å². The van der Waals surface area contributed by atoms with Gasteiger partial charge in [0.15, 0.2) is 0 Å². The van der Waals surface area contributed by atoms with E-state index in [2.05, 4.69) is 270 Å². The van der Waals surface area contributed by atoms with Gasteiger partial charge in [-0.2, -0.15) is 0 Å². The molecule has 1 aliphatic rings. The van der Waals surface area contributed by atoms with Gasteiger partial charge < -0.3 is 14.7 Å². The molecule has 68 heavy (non-hydrogen) atoms. The second kappa shape index (κ2) is 16.8. The Morgan fingerprint density at radius 2 is 0.559 bits per heavy atom. The zero-order chi connectivity index (χ0) is 46.8. The zero-order valence-corrected chi connectivity index (χ0v) is 40.4. The molecule has 10 aromatic rings. The number of fused-ring (bicyclic) bond motifs is 5. The lowest BCUT2D eigenvalue weighted by atomic mass is 9.81. The Morgan fingerprint density at radius 3 is 0.912 bits per heavy atom. The Kier molecular flexibility index (Phi) is 10.5. The van der Waals surface area contributed by atoms with Gasteiger partial charge in [-0.05, 0) is 161 Å². The van der Waals surface area contributed by atoms with E-state index in [9.17, 15) is 0 Å². The Bertz CT molecular complexity index is 3360. The maximum absolute atomic E-state index is 2.55. The van der Waals surface area contributed by atoms with E-state index in [1.54, 1.807) is 0 Å². The molecule has 0 radical (unpaired) electrons. The van der Waals surface area contributed by atoms with Gasteiger partial charge in [-0.1, -0.05) is 150 Å². The summed E-state index contributed by atoms with van der Waals surface area (Å²) < 4.78 is 0. The summed E-state index contributed by atoms with van der Waals surface area (Å²) in [6, 6.07) is 75.1. The number of hydrogen-bond donors (Lipinski definition) is 0. The van der Waals surface area contributed by atoms with Gasteiger partial charge in [-0.15, -0.1) is 0 Å². The van der Waals surface area contributed by atoms with Crippen LogP contribution >= 0.6 is 0 Å². The minimum atomic E-state index is -0.323. The van der Waals surface area contributed by atoms with Crippen molar-refractivity contribution in [3.63, 3.8) is 0 Å². The lowest BCUT2D eigenvalue weighted by Crippen LogP contribution is -2.17. The van der Waals surface area contributed by atoms with Crippen molar-refractivity contribution in [2.24, 2.45) is 0 Å². The van der Waals surface area contributed by atoms with Gasteiger partial charge >= 0.3 is 0 Å². The molecule has 0 saturated heterocycles. The molecule has 0 spiro atoms. The fourth-order valence-electron chi connectivity index (χ4n) is 10.4. The van der Waals surface area contributed by atoms with Crippen LogP contribution in [0.3, 0.4) is 0 Å². The summed E-state index contributed by atoms with van der Waals surface area (Å²) in [5, 5.41) is 4.75. The quantitative estimate of drug-likeness (QED) is 0.106. The van der Waals surface area contributed by atoms with Gasteiger partial charge in [0.25, 0.3) is 0 Å². The highest BCUT2D eigenvalue weighted by Gasteiger charge is 2.38. The number of benzene rings is 10. The third-order valence-corrected chi connectivity index (χ3v) is 14.2. The van der Waals surface area contributed by atoms with Crippen molar-refractivity contribution < 1.29 is 0 Å². The second-order valence-electron chi connectivity index (χ2n) is 19.6. The van der Waals surface area contributed by atoms with E-state index in [0.29, 0.717) is 0 Å². The summed E-state index contributed by atoms with van der Waals surface area (Å²) in [5.74, 6) is 0. The first-order chi connectivity index (χ1) is 32.9. The normalized spacial score (nSPS) is 12.5. The lowest BCUT2D eigenvalue weighted by molar-refractivity contribution is 0.661. The number of rotatable bonds is 9. The van der Waals surface area contributed by atoms with Crippen LogP contribution in [0.15, 0.2) is 200 Å². The van der Waals surface area contributed by atoms with E-state index < -0.39 is 0 Å². The first-order valence-electron chi connectivity index (χ1n) is 23.9. The van der Waals surface area contributed by atoms with Crippen LogP contribution in [0.5, 0.6) is 0 Å². The van der Waals surface area contributed by atoms with E-state index in [0.717, 1.165) is 45.5 Å². The largest absolute Gasteiger partial charge is 0.310 e. The van der Waals surface area contributed by atoms with Crippen molar-refractivity contribution in [2.75, 3.05) is 14.7 Å². The third kappa shape index (κ3) is 7.40. The molecule has 0 aromatic heterocycles. The molecule has 0 fully saturated rings. The van der Waals surface area contributed by atoms with Crippen molar-refractivity contribution >= 4 is 72.7 Å². The topological polar surface area (TPSA) is 9.72 Å². The van der Waals surface area contributed by atoms with Crippen molar-refractivity contribution in [1.29, 1.82) is 0 Å². The SMILES string of the molecule is Cc1ccc(N(c2ccc(C)cc2)c2ccc3c(c2)C(C)(C)c2cc4c(N(c5ccc(C)cc5)c5ccc(C)cc5)c5ccccc5c(N(c5ccc(C)cc5)c5ccc(C)cc5)c4cc2-3)cc1. The van der Waals surface area contributed by atoms with Gasteiger partial charge in [0, 0.05) is 66.8 Å². The average Bonchev–Trinajstić information content (AvgIpc) is 3.56. The third-order valence-electron chi connectivity index (χ3n) is 14.2. The Hall–Kier alpha value is -7.88. The minimum Gasteiger partial charge on any atom is -0.310 e. The van der Waals surface area contributed by atoms with Crippen LogP contribution in [0, 0.1) is 41.5 Å². The molecule has 10 aromatic carbocycles.